The minimum atomic E-state index is -0.255. The predicted octanol–water partition coefficient (Wildman–Crippen LogP) is 1.19. The van der Waals surface area contributed by atoms with E-state index in [1.807, 2.05) is 18.2 Å². The van der Waals surface area contributed by atoms with Crippen LogP contribution in [0.1, 0.15) is 16.2 Å². The van der Waals surface area contributed by atoms with Gasteiger partial charge in [-0.05, 0) is 19.1 Å². The second-order valence-electron chi connectivity index (χ2n) is 4.89. The lowest BCUT2D eigenvalue weighted by molar-refractivity contribution is 0.0948. The summed E-state index contributed by atoms with van der Waals surface area (Å²) in [6.07, 6.45) is 0. The van der Waals surface area contributed by atoms with Gasteiger partial charge in [-0.1, -0.05) is 28.9 Å². The van der Waals surface area contributed by atoms with Gasteiger partial charge >= 0.3 is 0 Å². The number of aromatic nitrogens is 3. The van der Waals surface area contributed by atoms with Crippen LogP contribution in [0, 0.1) is 6.92 Å². The molecule has 0 aliphatic rings. The average Bonchev–Trinajstić information content (AvgIpc) is 2.92. The van der Waals surface area contributed by atoms with Crippen LogP contribution in [-0.4, -0.2) is 54.3 Å². The van der Waals surface area contributed by atoms with Crippen LogP contribution >= 0.6 is 11.6 Å². The number of hydrogen-bond acceptors (Lipinski definition) is 5. The normalized spacial score (nSPS) is 10.7. The first kappa shape index (κ1) is 17.4. The molecule has 7 nitrogen and oxygen atoms in total. The van der Waals surface area contributed by atoms with E-state index in [1.165, 1.54) is 0 Å². The van der Waals surface area contributed by atoms with Crippen LogP contribution in [-0.2, 0) is 4.74 Å². The van der Waals surface area contributed by atoms with Crippen LogP contribution in [0.4, 0.5) is 0 Å². The third-order valence-electron chi connectivity index (χ3n) is 3.26. The number of halogens is 1. The zero-order valence-electron chi connectivity index (χ0n) is 13.2. The van der Waals surface area contributed by atoms with Crippen molar-refractivity contribution in [3.63, 3.8) is 0 Å². The van der Waals surface area contributed by atoms with Crippen LogP contribution in [0.15, 0.2) is 24.3 Å². The number of methoxy groups -OCH3 is 1. The monoisotopic (exact) mass is 337 g/mol. The molecular weight excluding hydrogens is 318 g/mol. The number of benzene rings is 1. The zero-order valence-corrected chi connectivity index (χ0v) is 13.9. The van der Waals surface area contributed by atoms with E-state index in [-0.39, 0.29) is 5.91 Å². The Bertz CT molecular complexity index is 659. The third kappa shape index (κ3) is 4.51. The first-order chi connectivity index (χ1) is 11.1. The molecule has 0 aliphatic heterocycles. The Hall–Kier alpha value is -1.96. The summed E-state index contributed by atoms with van der Waals surface area (Å²) in [4.78, 5) is 12.2. The largest absolute Gasteiger partial charge is 0.383 e. The lowest BCUT2D eigenvalue weighted by Crippen LogP contribution is -2.33. The van der Waals surface area contributed by atoms with Crippen LogP contribution in [0.3, 0.4) is 0 Å². The molecule has 0 bridgehead atoms. The molecule has 0 fully saturated rings. The van der Waals surface area contributed by atoms with Crippen LogP contribution in [0.25, 0.3) is 5.69 Å². The van der Waals surface area contributed by atoms with Crippen molar-refractivity contribution in [2.45, 2.75) is 6.92 Å². The zero-order chi connectivity index (χ0) is 16.7. The molecule has 0 unspecified atom stereocenters. The second-order valence-corrected chi connectivity index (χ2v) is 5.29. The fourth-order valence-corrected chi connectivity index (χ4v) is 2.25. The fraction of sp³-hybridized carbons (Fsp3) is 0.400. The lowest BCUT2D eigenvalue weighted by atomic mass is 10.3. The standard InChI is InChI=1S/C15H20ClN5O2/c1-11-14(15(22)18-8-7-17-9-10-23-2)19-20-21(11)13-6-4-3-5-12(13)16/h3-6,17H,7-10H2,1-2H3,(H,18,22). The molecular formula is C15H20ClN5O2. The number of carbonyl (C=O) groups is 1. The molecule has 0 aliphatic carbocycles. The van der Waals surface area contributed by atoms with E-state index in [2.05, 4.69) is 20.9 Å². The predicted molar refractivity (Wildman–Crippen MR) is 88.2 cm³/mol. The number of carbonyl (C=O) groups excluding carboxylic acids is 1. The minimum Gasteiger partial charge on any atom is -0.383 e. The van der Waals surface area contributed by atoms with Crippen molar-refractivity contribution >= 4 is 17.5 Å². The summed E-state index contributed by atoms with van der Waals surface area (Å²) in [5, 5.41) is 14.5. The number of nitrogens with one attached hydrogen (secondary N) is 2. The Morgan fingerprint density at radius 3 is 2.83 bits per heavy atom. The number of ether oxygens (including phenoxy) is 1. The highest BCUT2D eigenvalue weighted by atomic mass is 35.5. The molecule has 2 aromatic rings. The molecule has 0 spiro atoms. The lowest BCUT2D eigenvalue weighted by Gasteiger charge is -2.07. The van der Waals surface area contributed by atoms with Crippen molar-refractivity contribution in [1.82, 2.24) is 25.6 Å². The van der Waals surface area contributed by atoms with Crippen LogP contribution in [0.5, 0.6) is 0 Å². The number of hydrogen-bond donors (Lipinski definition) is 2. The average molecular weight is 338 g/mol. The number of nitrogens with zero attached hydrogens (tertiary/aromatic N) is 3. The van der Waals surface area contributed by atoms with Crippen LogP contribution < -0.4 is 10.6 Å². The molecule has 0 radical (unpaired) electrons. The van der Waals surface area contributed by atoms with Gasteiger partial charge in [0.25, 0.3) is 5.91 Å². The SMILES string of the molecule is COCCNCCNC(=O)c1nnn(-c2ccccc2Cl)c1C. The summed E-state index contributed by atoms with van der Waals surface area (Å²) in [5.41, 5.74) is 1.63. The van der Waals surface area contributed by atoms with Gasteiger partial charge in [0.1, 0.15) is 0 Å². The highest BCUT2D eigenvalue weighted by Crippen LogP contribution is 2.20. The van der Waals surface area contributed by atoms with Gasteiger partial charge in [0.15, 0.2) is 5.69 Å². The highest BCUT2D eigenvalue weighted by molar-refractivity contribution is 6.32. The van der Waals surface area contributed by atoms with Gasteiger partial charge in [0.05, 0.1) is 23.0 Å². The smallest absolute Gasteiger partial charge is 0.273 e. The molecule has 1 heterocycles. The molecule has 1 aromatic heterocycles. The maximum Gasteiger partial charge on any atom is 0.273 e. The number of rotatable bonds is 8. The maximum absolute atomic E-state index is 12.2. The first-order valence-corrected chi connectivity index (χ1v) is 7.68. The van der Waals surface area contributed by atoms with Crippen molar-refractivity contribution < 1.29 is 9.53 Å². The number of para-hydroxylation sites is 1. The van der Waals surface area contributed by atoms with Gasteiger partial charge in [-0.2, -0.15) is 0 Å². The van der Waals surface area contributed by atoms with Gasteiger partial charge < -0.3 is 15.4 Å². The topological polar surface area (TPSA) is 81.1 Å². The van der Waals surface area contributed by atoms with Crippen molar-refractivity contribution in [1.29, 1.82) is 0 Å². The van der Waals surface area contributed by atoms with Crippen LogP contribution in [0.2, 0.25) is 5.02 Å². The molecule has 1 amide bonds. The summed E-state index contributed by atoms with van der Waals surface area (Å²) in [5.74, 6) is -0.255. The van der Waals surface area contributed by atoms with Gasteiger partial charge in [-0.3, -0.25) is 4.79 Å². The second kappa shape index (κ2) is 8.61. The van der Waals surface area contributed by atoms with Crippen molar-refractivity contribution in [2.24, 2.45) is 0 Å². The van der Waals surface area contributed by atoms with E-state index < -0.39 is 0 Å². The van der Waals surface area contributed by atoms with Crippen molar-refractivity contribution in [2.75, 3.05) is 33.4 Å². The quantitative estimate of drug-likeness (QED) is 0.707. The van der Waals surface area contributed by atoms with Gasteiger partial charge in [-0.15, -0.1) is 5.10 Å². The molecule has 1 aromatic carbocycles. The Morgan fingerprint density at radius 1 is 1.30 bits per heavy atom. The minimum absolute atomic E-state index is 0.255. The summed E-state index contributed by atoms with van der Waals surface area (Å²) in [6.45, 7) is 4.33. The van der Waals surface area contributed by atoms with Gasteiger partial charge in [0, 0.05) is 26.7 Å². The Labute approximate surface area is 140 Å². The summed E-state index contributed by atoms with van der Waals surface area (Å²) in [7, 11) is 1.65. The Morgan fingerprint density at radius 2 is 2.09 bits per heavy atom. The molecule has 2 N–H and O–H groups in total. The van der Waals surface area contributed by atoms with E-state index >= 15 is 0 Å². The fourth-order valence-electron chi connectivity index (χ4n) is 2.04. The molecule has 23 heavy (non-hydrogen) atoms. The molecule has 124 valence electrons. The van der Waals surface area contributed by atoms with E-state index in [1.54, 1.807) is 24.8 Å². The van der Waals surface area contributed by atoms with E-state index in [0.717, 1.165) is 6.54 Å². The summed E-state index contributed by atoms with van der Waals surface area (Å²) >= 11 is 6.16. The molecule has 0 saturated carbocycles. The first-order valence-electron chi connectivity index (χ1n) is 7.30. The van der Waals surface area contributed by atoms with Gasteiger partial charge in [0.2, 0.25) is 0 Å². The Balaban J connectivity index is 1.96. The van der Waals surface area contributed by atoms with E-state index in [9.17, 15) is 4.79 Å². The number of amides is 1. The van der Waals surface area contributed by atoms with Crippen molar-refractivity contribution in [3.8, 4) is 5.69 Å². The van der Waals surface area contributed by atoms with E-state index in [0.29, 0.717) is 41.8 Å². The maximum atomic E-state index is 12.2. The molecule has 8 heteroatoms. The summed E-state index contributed by atoms with van der Waals surface area (Å²) < 4.78 is 6.49. The third-order valence-corrected chi connectivity index (χ3v) is 3.58. The van der Waals surface area contributed by atoms with E-state index in [4.69, 9.17) is 16.3 Å². The molecule has 0 saturated heterocycles. The van der Waals surface area contributed by atoms with Gasteiger partial charge in [-0.25, -0.2) is 4.68 Å². The highest BCUT2D eigenvalue weighted by Gasteiger charge is 2.17. The Kier molecular flexibility index (Phi) is 6.52. The molecule has 2 rings (SSSR count). The molecule has 0 atom stereocenters. The van der Waals surface area contributed by atoms with Crippen molar-refractivity contribution in [3.05, 3.63) is 40.7 Å². The summed E-state index contributed by atoms with van der Waals surface area (Å²) in [6, 6.07) is 7.28.